The zero-order valence-corrected chi connectivity index (χ0v) is 10.2. The normalized spacial score (nSPS) is 10.5. The van der Waals surface area contributed by atoms with Gasteiger partial charge in [-0.05, 0) is 17.7 Å². The van der Waals surface area contributed by atoms with Crippen molar-refractivity contribution in [1.29, 1.82) is 0 Å². The number of hydrogen-bond donors (Lipinski definition) is 1. The Morgan fingerprint density at radius 3 is 2.79 bits per heavy atom. The highest BCUT2D eigenvalue weighted by Gasteiger charge is 2.12. The van der Waals surface area contributed by atoms with E-state index < -0.39 is 0 Å². The van der Waals surface area contributed by atoms with E-state index in [2.05, 4.69) is 10.3 Å². The molecular formula is C15H12N2O2. The third-order valence-corrected chi connectivity index (χ3v) is 2.90. The number of oxazole rings is 1. The zero-order chi connectivity index (χ0) is 13.1. The van der Waals surface area contributed by atoms with Gasteiger partial charge in [0.05, 0.1) is 5.56 Å². The number of rotatable bonds is 3. The fourth-order valence-corrected chi connectivity index (χ4v) is 1.94. The summed E-state index contributed by atoms with van der Waals surface area (Å²) >= 11 is 0. The lowest BCUT2D eigenvalue weighted by molar-refractivity contribution is 0.0951. The van der Waals surface area contributed by atoms with Crippen molar-refractivity contribution in [3.8, 4) is 0 Å². The van der Waals surface area contributed by atoms with Crippen LogP contribution in [0, 0.1) is 0 Å². The molecule has 94 valence electrons. The van der Waals surface area contributed by atoms with Gasteiger partial charge in [0.25, 0.3) is 5.91 Å². The molecule has 3 rings (SSSR count). The highest BCUT2D eigenvalue weighted by molar-refractivity contribution is 6.03. The van der Waals surface area contributed by atoms with Crippen LogP contribution in [-0.2, 0) is 6.54 Å². The molecule has 0 bridgehead atoms. The number of hydrogen-bond acceptors (Lipinski definition) is 3. The van der Waals surface area contributed by atoms with Crippen LogP contribution in [0.3, 0.4) is 0 Å². The summed E-state index contributed by atoms with van der Waals surface area (Å²) in [5.41, 5.74) is 2.77. The number of fused-ring (bicyclic) bond motifs is 1. The van der Waals surface area contributed by atoms with Crippen LogP contribution < -0.4 is 5.32 Å². The standard InChI is InChI=1S/C15H12N2O2/c18-15(16-9-11-5-2-1-3-6-11)12-7-4-8-13-14(12)19-10-17-13/h1-8,10H,9H2,(H,16,18). The SMILES string of the molecule is O=C(NCc1ccccc1)c1cccc2ncoc12. The van der Waals surface area contributed by atoms with Crippen molar-refractivity contribution in [2.24, 2.45) is 0 Å². The lowest BCUT2D eigenvalue weighted by Crippen LogP contribution is -2.22. The van der Waals surface area contributed by atoms with Gasteiger partial charge in [-0.1, -0.05) is 36.4 Å². The number of aromatic nitrogens is 1. The first kappa shape index (κ1) is 11.5. The molecule has 4 heteroatoms. The fraction of sp³-hybridized carbons (Fsp3) is 0.0667. The van der Waals surface area contributed by atoms with Gasteiger partial charge in [-0.2, -0.15) is 0 Å². The van der Waals surface area contributed by atoms with E-state index in [0.717, 1.165) is 5.56 Å². The molecule has 0 aliphatic rings. The van der Waals surface area contributed by atoms with Crippen LogP contribution in [0.25, 0.3) is 11.1 Å². The Bertz CT molecular complexity index is 704. The maximum Gasteiger partial charge on any atom is 0.255 e. The molecule has 0 aliphatic heterocycles. The Morgan fingerprint density at radius 2 is 1.95 bits per heavy atom. The van der Waals surface area contributed by atoms with Crippen LogP contribution in [0.1, 0.15) is 15.9 Å². The zero-order valence-electron chi connectivity index (χ0n) is 10.2. The number of nitrogens with one attached hydrogen (secondary N) is 1. The molecule has 0 aliphatic carbocycles. The molecule has 19 heavy (non-hydrogen) atoms. The van der Waals surface area contributed by atoms with Gasteiger partial charge < -0.3 is 9.73 Å². The van der Waals surface area contributed by atoms with E-state index >= 15 is 0 Å². The average Bonchev–Trinajstić information content (AvgIpc) is 2.94. The van der Waals surface area contributed by atoms with Crippen molar-refractivity contribution in [1.82, 2.24) is 10.3 Å². The van der Waals surface area contributed by atoms with Gasteiger partial charge in [0.2, 0.25) is 0 Å². The number of amides is 1. The van der Waals surface area contributed by atoms with E-state index in [1.807, 2.05) is 36.4 Å². The molecular weight excluding hydrogens is 240 g/mol. The van der Waals surface area contributed by atoms with Gasteiger partial charge in [-0.25, -0.2) is 4.98 Å². The third-order valence-electron chi connectivity index (χ3n) is 2.90. The van der Waals surface area contributed by atoms with Crippen molar-refractivity contribution >= 4 is 17.0 Å². The summed E-state index contributed by atoms with van der Waals surface area (Å²) in [6, 6.07) is 15.1. The average molecular weight is 252 g/mol. The Morgan fingerprint density at radius 1 is 1.11 bits per heavy atom. The lowest BCUT2D eigenvalue weighted by Gasteiger charge is -2.05. The Labute approximate surface area is 110 Å². The maximum absolute atomic E-state index is 12.1. The number of carbonyl (C=O) groups excluding carboxylic acids is 1. The topological polar surface area (TPSA) is 55.1 Å². The van der Waals surface area contributed by atoms with Crippen LogP contribution in [-0.4, -0.2) is 10.9 Å². The smallest absolute Gasteiger partial charge is 0.255 e. The first-order valence-corrected chi connectivity index (χ1v) is 5.99. The lowest BCUT2D eigenvalue weighted by atomic mass is 10.1. The summed E-state index contributed by atoms with van der Waals surface area (Å²) in [6.07, 6.45) is 1.35. The molecule has 0 radical (unpaired) electrons. The predicted octanol–water partition coefficient (Wildman–Crippen LogP) is 2.76. The van der Waals surface area contributed by atoms with Crippen molar-refractivity contribution in [3.63, 3.8) is 0 Å². The van der Waals surface area contributed by atoms with Crippen LogP contribution in [0.15, 0.2) is 59.3 Å². The second kappa shape index (κ2) is 4.94. The molecule has 1 heterocycles. The predicted molar refractivity (Wildman–Crippen MR) is 71.6 cm³/mol. The monoisotopic (exact) mass is 252 g/mol. The molecule has 3 aromatic rings. The molecule has 0 saturated heterocycles. The van der Waals surface area contributed by atoms with Gasteiger partial charge in [0.1, 0.15) is 5.52 Å². The molecule has 0 saturated carbocycles. The van der Waals surface area contributed by atoms with E-state index in [9.17, 15) is 4.79 Å². The summed E-state index contributed by atoms with van der Waals surface area (Å²) in [7, 11) is 0. The van der Waals surface area contributed by atoms with E-state index in [0.29, 0.717) is 23.2 Å². The second-order valence-electron chi connectivity index (χ2n) is 4.17. The van der Waals surface area contributed by atoms with Crippen molar-refractivity contribution in [2.75, 3.05) is 0 Å². The van der Waals surface area contributed by atoms with Gasteiger partial charge in [0.15, 0.2) is 12.0 Å². The summed E-state index contributed by atoms with van der Waals surface area (Å²) in [6.45, 7) is 0.490. The molecule has 0 atom stereocenters. The van der Waals surface area contributed by atoms with Crippen molar-refractivity contribution in [3.05, 3.63) is 66.1 Å². The Hall–Kier alpha value is -2.62. The quantitative estimate of drug-likeness (QED) is 0.779. The molecule has 2 aromatic carbocycles. The van der Waals surface area contributed by atoms with Crippen LogP contribution in [0.2, 0.25) is 0 Å². The molecule has 1 N–H and O–H groups in total. The van der Waals surface area contributed by atoms with E-state index in [1.165, 1.54) is 6.39 Å². The van der Waals surface area contributed by atoms with Crippen molar-refractivity contribution in [2.45, 2.75) is 6.54 Å². The Balaban J connectivity index is 1.79. The molecule has 0 unspecified atom stereocenters. The number of carbonyl (C=O) groups is 1. The number of benzene rings is 2. The first-order valence-electron chi connectivity index (χ1n) is 5.99. The number of nitrogens with zero attached hydrogens (tertiary/aromatic N) is 1. The largest absolute Gasteiger partial charge is 0.443 e. The van der Waals surface area contributed by atoms with Gasteiger partial charge in [-0.3, -0.25) is 4.79 Å². The van der Waals surface area contributed by atoms with Gasteiger partial charge >= 0.3 is 0 Å². The molecule has 4 nitrogen and oxygen atoms in total. The van der Waals surface area contributed by atoms with Crippen molar-refractivity contribution < 1.29 is 9.21 Å². The minimum Gasteiger partial charge on any atom is -0.443 e. The summed E-state index contributed by atoms with van der Waals surface area (Å²) in [5, 5.41) is 2.87. The van der Waals surface area contributed by atoms with Gasteiger partial charge in [0, 0.05) is 6.54 Å². The molecule has 1 amide bonds. The number of para-hydroxylation sites is 1. The summed E-state index contributed by atoms with van der Waals surface area (Å²) in [4.78, 5) is 16.2. The highest BCUT2D eigenvalue weighted by Crippen LogP contribution is 2.17. The summed E-state index contributed by atoms with van der Waals surface area (Å²) < 4.78 is 5.25. The minimum absolute atomic E-state index is 0.161. The Kier molecular flexibility index (Phi) is 2.98. The van der Waals surface area contributed by atoms with E-state index in [4.69, 9.17) is 4.42 Å². The molecule has 0 fully saturated rings. The third kappa shape index (κ3) is 2.33. The van der Waals surface area contributed by atoms with E-state index in [1.54, 1.807) is 12.1 Å². The van der Waals surface area contributed by atoms with Crippen LogP contribution >= 0.6 is 0 Å². The van der Waals surface area contributed by atoms with Crippen LogP contribution in [0.5, 0.6) is 0 Å². The van der Waals surface area contributed by atoms with E-state index in [-0.39, 0.29) is 5.91 Å². The van der Waals surface area contributed by atoms with Gasteiger partial charge in [-0.15, -0.1) is 0 Å². The van der Waals surface area contributed by atoms with Crippen LogP contribution in [0.4, 0.5) is 0 Å². The second-order valence-corrected chi connectivity index (χ2v) is 4.17. The minimum atomic E-state index is -0.161. The fourth-order valence-electron chi connectivity index (χ4n) is 1.94. The maximum atomic E-state index is 12.1. The summed E-state index contributed by atoms with van der Waals surface area (Å²) in [5.74, 6) is -0.161. The first-order chi connectivity index (χ1) is 9.34. The highest BCUT2D eigenvalue weighted by atomic mass is 16.3. The molecule has 0 spiro atoms. The molecule has 1 aromatic heterocycles.